The Bertz CT molecular complexity index is 515. The zero-order valence-corrected chi connectivity index (χ0v) is 13.2. The lowest BCUT2D eigenvalue weighted by Gasteiger charge is -2.29. The molecule has 1 heterocycles. The topological polar surface area (TPSA) is 107 Å². The zero-order chi connectivity index (χ0) is 16.6. The number of rotatable bonds is 3. The Morgan fingerprint density at radius 3 is 2.30 bits per heavy atom. The van der Waals surface area contributed by atoms with Crippen LogP contribution >= 0.6 is 0 Å². The minimum absolute atomic E-state index is 0.000631. The zero-order valence-electron chi connectivity index (χ0n) is 13.2. The Morgan fingerprint density at radius 1 is 1.04 bits per heavy atom. The van der Waals surface area contributed by atoms with E-state index in [1.54, 1.807) is 4.90 Å². The van der Waals surface area contributed by atoms with Crippen LogP contribution in [0.2, 0.25) is 0 Å². The molecule has 2 atom stereocenters. The second kappa shape index (κ2) is 6.02. The van der Waals surface area contributed by atoms with Gasteiger partial charge in [-0.05, 0) is 44.4 Å². The van der Waals surface area contributed by atoms with Crippen molar-refractivity contribution in [2.24, 2.45) is 17.3 Å². The summed E-state index contributed by atoms with van der Waals surface area (Å²) in [4.78, 5) is 36.7. The number of carboxylic acid groups (broad SMARTS) is 2. The summed E-state index contributed by atoms with van der Waals surface area (Å²) >= 11 is 0. The maximum atomic E-state index is 12.4. The summed E-state index contributed by atoms with van der Waals surface area (Å²) in [7, 11) is 0. The van der Waals surface area contributed by atoms with Gasteiger partial charge in [0.05, 0.1) is 11.3 Å². The van der Waals surface area contributed by atoms with Crippen LogP contribution in [0.15, 0.2) is 0 Å². The molecule has 0 unspecified atom stereocenters. The number of carbonyl (C=O) groups is 3. The molecule has 0 radical (unpaired) electrons. The van der Waals surface area contributed by atoms with E-state index in [1.165, 1.54) is 0 Å². The Morgan fingerprint density at radius 2 is 1.74 bits per heavy atom. The highest BCUT2D eigenvalue weighted by molar-refractivity contribution is 5.80. The normalized spacial score (nSPS) is 36.5. The number of carbonyl (C=O) groups excluding carboxylic acids is 1. The summed E-state index contributed by atoms with van der Waals surface area (Å²) in [6, 6.07) is -0.196. The molecular weight excluding hydrogens is 300 g/mol. The van der Waals surface area contributed by atoms with Crippen molar-refractivity contribution in [3.8, 4) is 0 Å². The molecule has 1 saturated heterocycles. The van der Waals surface area contributed by atoms with Crippen molar-refractivity contribution in [1.29, 1.82) is 0 Å². The van der Waals surface area contributed by atoms with Gasteiger partial charge in [-0.25, -0.2) is 4.79 Å². The molecule has 0 bridgehead atoms. The van der Waals surface area contributed by atoms with E-state index in [4.69, 9.17) is 5.11 Å². The van der Waals surface area contributed by atoms with Gasteiger partial charge >= 0.3 is 18.0 Å². The molecule has 0 aromatic heterocycles. The number of nitrogens with zero attached hydrogens (tertiary/aromatic N) is 1. The van der Waals surface area contributed by atoms with Crippen molar-refractivity contribution in [1.82, 2.24) is 10.2 Å². The summed E-state index contributed by atoms with van der Waals surface area (Å²) in [6.45, 7) is 0.811. The first-order valence-corrected chi connectivity index (χ1v) is 8.44. The average molecular weight is 324 g/mol. The van der Waals surface area contributed by atoms with Crippen molar-refractivity contribution in [3.05, 3.63) is 0 Å². The summed E-state index contributed by atoms with van der Waals surface area (Å²) < 4.78 is 0. The molecule has 7 nitrogen and oxygen atoms in total. The monoisotopic (exact) mass is 324 g/mol. The Labute approximate surface area is 135 Å². The summed E-state index contributed by atoms with van der Waals surface area (Å²) in [5.74, 6) is -1.78. The van der Waals surface area contributed by atoms with Crippen LogP contribution in [0.25, 0.3) is 0 Å². The Hall–Kier alpha value is -1.79. The van der Waals surface area contributed by atoms with E-state index in [2.05, 4.69) is 5.32 Å². The molecule has 1 aliphatic heterocycles. The Balaban J connectivity index is 1.54. The molecule has 3 aliphatic rings. The first kappa shape index (κ1) is 16.1. The number of amides is 2. The van der Waals surface area contributed by atoms with Crippen molar-refractivity contribution in [2.45, 2.75) is 51.0 Å². The third-order valence-electron chi connectivity index (χ3n) is 5.99. The predicted molar refractivity (Wildman–Crippen MR) is 80.9 cm³/mol. The van der Waals surface area contributed by atoms with Gasteiger partial charge in [-0.2, -0.15) is 0 Å². The molecule has 2 aliphatic carbocycles. The van der Waals surface area contributed by atoms with Crippen LogP contribution < -0.4 is 5.32 Å². The first-order chi connectivity index (χ1) is 10.9. The van der Waals surface area contributed by atoms with E-state index < -0.39 is 17.4 Å². The third-order valence-corrected chi connectivity index (χ3v) is 5.99. The molecular formula is C16H24N2O5. The summed E-state index contributed by atoms with van der Waals surface area (Å²) in [6.07, 6.45) is 4.96. The average Bonchev–Trinajstić information content (AvgIpc) is 3.05. The van der Waals surface area contributed by atoms with Crippen LogP contribution in [-0.4, -0.2) is 52.2 Å². The quantitative estimate of drug-likeness (QED) is 0.730. The van der Waals surface area contributed by atoms with Crippen LogP contribution in [-0.2, 0) is 9.59 Å². The molecule has 3 N–H and O–H groups in total. The molecule has 128 valence electrons. The molecule has 2 amide bonds. The van der Waals surface area contributed by atoms with Crippen molar-refractivity contribution < 1.29 is 24.6 Å². The van der Waals surface area contributed by atoms with E-state index in [9.17, 15) is 19.5 Å². The lowest BCUT2D eigenvalue weighted by Crippen LogP contribution is -2.46. The number of aliphatic carboxylic acids is 2. The van der Waals surface area contributed by atoms with Gasteiger partial charge < -0.3 is 20.4 Å². The van der Waals surface area contributed by atoms with E-state index in [1.807, 2.05) is 0 Å². The van der Waals surface area contributed by atoms with Gasteiger partial charge in [0.25, 0.3) is 0 Å². The lowest BCUT2D eigenvalue weighted by molar-refractivity contribution is -0.149. The molecule has 7 heteroatoms. The third kappa shape index (κ3) is 2.88. The second-order valence-corrected chi connectivity index (χ2v) is 7.27. The van der Waals surface area contributed by atoms with E-state index in [0.29, 0.717) is 45.2 Å². The maximum absolute atomic E-state index is 12.4. The first-order valence-electron chi connectivity index (χ1n) is 8.44. The van der Waals surface area contributed by atoms with Gasteiger partial charge in [0.1, 0.15) is 0 Å². The number of hydrogen-bond donors (Lipinski definition) is 3. The van der Waals surface area contributed by atoms with Crippen molar-refractivity contribution in [2.75, 3.05) is 13.1 Å². The highest BCUT2D eigenvalue weighted by Crippen LogP contribution is 2.48. The fraction of sp³-hybridized carbons (Fsp3) is 0.812. The van der Waals surface area contributed by atoms with Crippen LogP contribution in [0.1, 0.15) is 44.9 Å². The number of urea groups is 1. The van der Waals surface area contributed by atoms with Gasteiger partial charge in [-0.1, -0.05) is 6.42 Å². The fourth-order valence-corrected chi connectivity index (χ4v) is 4.54. The van der Waals surface area contributed by atoms with Gasteiger partial charge in [0, 0.05) is 19.1 Å². The SMILES string of the molecule is O=C(O)C1CCC(NC(=O)N2C[C@@H]3CCC[C@@]3(C(=O)O)C2)CC1. The van der Waals surface area contributed by atoms with Gasteiger partial charge in [-0.3, -0.25) is 9.59 Å². The van der Waals surface area contributed by atoms with Gasteiger partial charge in [0.15, 0.2) is 0 Å². The largest absolute Gasteiger partial charge is 0.481 e. The molecule has 0 spiro atoms. The maximum Gasteiger partial charge on any atom is 0.317 e. The van der Waals surface area contributed by atoms with E-state index in [-0.39, 0.29) is 23.9 Å². The van der Waals surface area contributed by atoms with Crippen LogP contribution in [0.4, 0.5) is 4.79 Å². The fourth-order valence-electron chi connectivity index (χ4n) is 4.54. The molecule has 3 fully saturated rings. The molecule has 0 aromatic carbocycles. The number of carboxylic acids is 2. The van der Waals surface area contributed by atoms with Crippen molar-refractivity contribution >= 4 is 18.0 Å². The lowest BCUT2D eigenvalue weighted by atomic mass is 9.81. The molecule has 3 rings (SSSR count). The number of likely N-dealkylation sites (tertiary alicyclic amines) is 1. The summed E-state index contributed by atoms with van der Waals surface area (Å²) in [5.41, 5.74) is -0.752. The standard InChI is InChI=1S/C16H24N2O5/c19-13(20)10-3-5-12(6-4-10)17-15(23)18-8-11-2-1-7-16(11,9-18)14(21)22/h10-12H,1-9H2,(H,17,23)(H,19,20)(H,21,22)/t10?,11-,12?,16+/m0/s1. The van der Waals surface area contributed by atoms with E-state index >= 15 is 0 Å². The molecule has 23 heavy (non-hydrogen) atoms. The van der Waals surface area contributed by atoms with Crippen LogP contribution in [0, 0.1) is 17.3 Å². The minimum atomic E-state index is -0.780. The Kier molecular flexibility index (Phi) is 4.21. The second-order valence-electron chi connectivity index (χ2n) is 7.27. The van der Waals surface area contributed by atoms with Crippen LogP contribution in [0.5, 0.6) is 0 Å². The summed E-state index contributed by atoms with van der Waals surface area (Å²) in [5, 5.41) is 21.5. The minimum Gasteiger partial charge on any atom is -0.481 e. The van der Waals surface area contributed by atoms with Gasteiger partial charge in [-0.15, -0.1) is 0 Å². The number of nitrogens with one attached hydrogen (secondary N) is 1. The molecule has 2 saturated carbocycles. The van der Waals surface area contributed by atoms with Crippen molar-refractivity contribution in [3.63, 3.8) is 0 Å². The van der Waals surface area contributed by atoms with Crippen LogP contribution in [0.3, 0.4) is 0 Å². The highest BCUT2D eigenvalue weighted by Gasteiger charge is 2.55. The molecule has 0 aromatic rings. The van der Waals surface area contributed by atoms with Gasteiger partial charge in [0.2, 0.25) is 0 Å². The predicted octanol–water partition coefficient (Wildman–Crippen LogP) is 1.53. The smallest absolute Gasteiger partial charge is 0.317 e. The number of hydrogen-bond acceptors (Lipinski definition) is 3. The highest BCUT2D eigenvalue weighted by atomic mass is 16.4. The number of fused-ring (bicyclic) bond motifs is 1. The van der Waals surface area contributed by atoms with E-state index in [0.717, 1.165) is 12.8 Å².